The van der Waals surface area contributed by atoms with Crippen LogP contribution in [0.3, 0.4) is 0 Å². The van der Waals surface area contributed by atoms with E-state index in [2.05, 4.69) is 0 Å². The summed E-state index contributed by atoms with van der Waals surface area (Å²) in [6.07, 6.45) is 0.720. The molecule has 2 aromatic rings. The minimum absolute atomic E-state index is 0.0571. The van der Waals surface area contributed by atoms with Crippen LogP contribution in [0.2, 0.25) is 5.02 Å². The number of Topliss-reactive ketones (excluding diaryl/α,β-unsaturated/α-hetero) is 1. The Labute approximate surface area is 127 Å². The molecule has 0 bridgehead atoms. The quantitative estimate of drug-likeness (QED) is 0.848. The summed E-state index contributed by atoms with van der Waals surface area (Å²) in [5.41, 5.74) is 1.93. The van der Waals surface area contributed by atoms with Crippen molar-refractivity contribution in [1.29, 1.82) is 0 Å². The molecule has 1 heterocycles. The summed E-state index contributed by atoms with van der Waals surface area (Å²) in [6.45, 7) is 0. The topological polar surface area (TPSA) is 26.3 Å². The average molecular weight is 305 g/mol. The summed E-state index contributed by atoms with van der Waals surface area (Å²) in [6, 6.07) is 13.3. The first kappa shape index (κ1) is 13.5. The van der Waals surface area contributed by atoms with Gasteiger partial charge >= 0.3 is 0 Å². The Kier molecular flexibility index (Phi) is 3.72. The zero-order valence-electron chi connectivity index (χ0n) is 10.9. The molecule has 0 amide bonds. The van der Waals surface area contributed by atoms with Crippen LogP contribution in [-0.4, -0.2) is 18.1 Å². The number of ether oxygens (including phenoxy) is 1. The summed E-state index contributed by atoms with van der Waals surface area (Å²) < 4.78 is 5.20. The van der Waals surface area contributed by atoms with E-state index in [4.69, 9.17) is 16.3 Å². The number of hydrogen-bond donors (Lipinski definition) is 0. The van der Waals surface area contributed by atoms with Crippen LogP contribution in [0, 0.1) is 0 Å². The highest BCUT2D eigenvalue weighted by Crippen LogP contribution is 2.40. The molecule has 1 aliphatic rings. The summed E-state index contributed by atoms with van der Waals surface area (Å²) in [5, 5.41) is 0.658. The molecule has 0 spiro atoms. The Morgan fingerprint density at radius 3 is 2.65 bits per heavy atom. The molecule has 0 aliphatic carbocycles. The second-order valence-electron chi connectivity index (χ2n) is 4.66. The number of hydrogen-bond acceptors (Lipinski definition) is 3. The molecule has 0 saturated carbocycles. The molecule has 102 valence electrons. The van der Waals surface area contributed by atoms with Gasteiger partial charge in [-0.05, 0) is 42.3 Å². The minimum atomic E-state index is -0.0571. The van der Waals surface area contributed by atoms with Crippen molar-refractivity contribution in [3.05, 3.63) is 58.6 Å². The van der Waals surface area contributed by atoms with E-state index in [1.54, 1.807) is 18.9 Å². The van der Waals surface area contributed by atoms with E-state index in [0.717, 1.165) is 28.2 Å². The van der Waals surface area contributed by atoms with Crippen LogP contribution >= 0.6 is 23.4 Å². The van der Waals surface area contributed by atoms with Crippen molar-refractivity contribution < 1.29 is 9.53 Å². The molecule has 1 unspecified atom stereocenters. The van der Waals surface area contributed by atoms with Crippen LogP contribution in [0.4, 0.5) is 0 Å². The smallest absolute Gasteiger partial charge is 0.177 e. The van der Waals surface area contributed by atoms with Gasteiger partial charge in [0.05, 0.1) is 12.4 Å². The second kappa shape index (κ2) is 5.51. The zero-order chi connectivity index (χ0) is 14.1. The summed E-state index contributed by atoms with van der Waals surface area (Å²) in [7, 11) is 1.63. The standard InChI is InChI=1S/C16H13ClO2S/c1-19-12-6-7-13-14(9-12)20-15(16(13)18)8-10-2-4-11(17)5-3-10/h2-7,9,15H,8H2,1H3. The predicted molar refractivity (Wildman–Crippen MR) is 82.1 cm³/mol. The Bertz CT molecular complexity index is 652. The van der Waals surface area contributed by atoms with Gasteiger partial charge in [-0.3, -0.25) is 4.79 Å². The van der Waals surface area contributed by atoms with Crippen molar-refractivity contribution >= 4 is 29.1 Å². The number of carbonyl (C=O) groups is 1. The third kappa shape index (κ3) is 2.56. The molecular weight excluding hydrogens is 292 g/mol. The van der Waals surface area contributed by atoms with Crippen LogP contribution in [0.5, 0.6) is 5.75 Å². The lowest BCUT2D eigenvalue weighted by Gasteiger charge is -2.07. The molecule has 2 aromatic carbocycles. The molecule has 4 heteroatoms. The van der Waals surface area contributed by atoms with Gasteiger partial charge in [-0.25, -0.2) is 0 Å². The van der Waals surface area contributed by atoms with Crippen molar-refractivity contribution in [1.82, 2.24) is 0 Å². The summed E-state index contributed by atoms with van der Waals surface area (Å²) in [4.78, 5) is 13.4. The van der Waals surface area contributed by atoms with E-state index >= 15 is 0 Å². The zero-order valence-corrected chi connectivity index (χ0v) is 12.5. The molecule has 0 N–H and O–H groups in total. The lowest BCUT2D eigenvalue weighted by Crippen LogP contribution is -2.14. The number of ketones is 1. The average Bonchev–Trinajstić information content (AvgIpc) is 2.77. The first-order valence-corrected chi connectivity index (χ1v) is 7.56. The fraction of sp³-hybridized carbons (Fsp3) is 0.188. The van der Waals surface area contributed by atoms with Gasteiger partial charge in [-0.2, -0.15) is 0 Å². The van der Waals surface area contributed by atoms with Crippen LogP contribution in [0.25, 0.3) is 0 Å². The normalized spacial score (nSPS) is 17.1. The SMILES string of the molecule is COc1ccc2c(c1)SC(Cc1ccc(Cl)cc1)C2=O. The van der Waals surface area contributed by atoms with E-state index in [1.165, 1.54) is 0 Å². The Hall–Kier alpha value is -1.45. The van der Waals surface area contributed by atoms with E-state index in [9.17, 15) is 4.79 Å². The number of methoxy groups -OCH3 is 1. The highest BCUT2D eigenvalue weighted by molar-refractivity contribution is 8.01. The van der Waals surface area contributed by atoms with Gasteiger partial charge in [0, 0.05) is 15.5 Å². The van der Waals surface area contributed by atoms with Gasteiger partial charge in [0.2, 0.25) is 0 Å². The van der Waals surface area contributed by atoms with Gasteiger partial charge in [0.1, 0.15) is 5.75 Å². The molecule has 1 aliphatic heterocycles. The van der Waals surface area contributed by atoms with Gasteiger partial charge in [0.15, 0.2) is 5.78 Å². The third-order valence-corrected chi connectivity index (χ3v) is 4.86. The molecule has 0 radical (unpaired) electrons. The maximum absolute atomic E-state index is 12.4. The van der Waals surface area contributed by atoms with Crippen LogP contribution in [0.1, 0.15) is 15.9 Å². The molecule has 20 heavy (non-hydrogen) atoms. The Morgan fingerprint density at radius 1 is 1.20 bits per heavy atom. The highest BCUT2D eigenvalue weighted by atomic mass is 35.5. The van der Waals surface area contributed by atoms with Gasteiger partial charge < -0.3 is 4.74 Å². The van der Waals surface area contributed by atoms with Crippen LogP contribution in [-0.2, 0) is 6.42 Å². The molecular formula is C16H13ClO2S. The van der Waals surface area contributed by atoms with Crippen molar-refractivity contribution in [3.8, 4) is 5.75 Å². The molecule has 1 atom stereocenters. The van der Waals surface area contributed by atoms with Crippen molar-refractivity contribution in [2.24, 2.45) is 0 Å². The van der Waals surface area contributed by atoms with E-state index in [0.29, 0.717) is 5.02 Å². The third-order valence-electron chi connectivity index (χ3n) is 3.35. The largest absolute Gasteiger partial charge is 0.497 e. The summed E-state index contributed by atoms with van der Waals surface area (Å²) >= 11 is 7.49. The molecule has 0 aromatic heterocycles. The number of halogens is 1. The number of rotatable bonds is 3. The lowest BCUT2D eigenvalue weighted by molar-refractivity contribution is 0.0991. The maximum Gasteiger partial charge on any atom is 0.177 e. The van der Waals surface area contributed by atoms with Gasteiger partial charge in [-0.1, -0.05) is 23.7 Å². The number of thioether (sulfide) groups is 1. The monoisotopic (exact) mass is 304 g/mol. The minimum Gasteiger partial charge on any atom is -0.497 e. The highest BCUT2D eigenvalue weighted by Gasteiger charge is 2.31. The number of fused-ring (bicyclic) bond motifs is 1. The van der Waals surface area contributed by atoms with Crippen LogP contribution in [0.15, 0.2) is 47.4 Å². The van der Waals surface area contributed by atoms with E-state index in [1.807, 2.05) is 42.5 Å². The Morgan fingerprint density at radius 2 is 1.95 bits per heavy atom. The van der Waals surface area contributed by atoms with Crippen LogP contribution < -0.4 is 4.74 Å². The molecule has 0 saturated heterocycles. The van der Waals surface area contributed by atoms with Gasteiger partial charge in [-0.15, -0.1) is 11.8 Å². The first-order valence-electron chi connectivity index (χ1n) is 6.31. The lowest BCUT2D eigenvalue weighted by atomic mass is 10.0. The first-order chi connectivity index (χ1) is 9.67. The Balaban J connectivity index is 1.81. The molecule has 0 fully saturated rings. The molecule has 2 nitrogen and oxygen atoms in total. The maximum atomic E-state index is 12.4. The van der Waals surface area contributed by atoms with E-state index < -0.39 is 0 Å². The second-order valence-corrected chi connectivity index (χ2v) is 6.34. The van der Waals surface area contributed by atoms with E-state index in [-0.39, 0.29) is 11.0 Å². The van der Waals surface area contributed by atoms with Crippen molar-refractivity contribution in [2.45, 2.75) is 16.6 Å². The number of benzene rings is 2. The predicted octanol–water partition coefficient (Wildman–Crippen LogP) is 4.25. The fourth-order valence-electron chi connectivity index (χ4n) is 2.28. The van der Waals surface area contributed by atoms with Gasteiger partial charge in [0.25, 0.3) is 0 Å². The van der Waals surface area contributed by atoms with Crippen molar-refractivity contribution in [3.63, 3.8) is 0 Å². The van der Waals surface area contributed by atoms with Crippen molar-refractivity contribution in [2.75, 3.05) is 7.11 Å². The number of carbonyl (C=O) groups excluding carboxylic acids is 1. The molecule has 3 rings (SSSR count). The fourth-order valence-corrected chi connectivity index (χ4v) is 3.70. The summed E-state index contributed by atoms with van der Waals surface area (Å²) in [5.74, 6) is 0.985.